The molecule has 6 heteroatoms. The van der Waals surface area contributed by atoms with Crippen LogP contribution in [0, 0.1) is 0 Å². The topological polar surface area (TPSA) is 32.3 Å². The Labute approximate surface area is 130 Å². The molecule has 0 aliphatic carbocycles. The fourth-order valence-corrected chi connectivity index (χ4v) is 3.62. The molecule has 0 amide bonds. The smallest absolute Gasteiger partial charge is 0.224 e. The molecular weight excluding hydrogens is 295 g/mol. The Morgan fingerprint density at radius 1 is 1.00 bits per heavy atom. The number of anilines is 1. The van der Waals surface area contributed by atoms with Crippen molar-refractivity contribution < 1.29 is 0 Å². The number of aromatic nitrogens is 2. The monoisotopic (exact) mass is 314 g/mol. The first-order valence-electron chi connectivity index (χ1n) is 7.41. The van der Waals surface area contributed by atoms with E-state index < -0.39 is 0 Å². The molecule has 0 aromatic carbocycles. The average molecular weight is 315 g/mol. The molecular formula is C14H20Cl2N4. The van der Waals surface area contributed by atoms with E-state index in [0.717, 1.165) is 24.9 Å². The van der Waals surface area contributed by atoms with E-state index >= 15 is 0 Å². The van der Waals surface area contributed by atoms with E-state index in [4.69, 9.17) is 23.2 Å². The summed E-state index contributed by atoms with van der Waals surface area (Å²) in [7, 11) is 0. The van der Waals surface area contributed by atoms with Gasteiger partial charge in [-0.05, 0) is 50.4 Å². The molecule has 0 radical (unpaired) electrons. The summed E-state index contributed by atoms with van der Waals surface area (Å²) in [5.74, 6) is 0.781. The molecule has 110 valence electrons. The highest BCUT2D eigenvalue weighted by Gasteiger charge is 2.27. The van der Waals surface area contributed by atoms with E-state index in [-0.39, 0.29) is 5.28 Å². The number of rotatable bonds is 2. The second kappa shape index (κ2) is 6.46. The molecule has 4 nitrogen and oxygen atoms in total. The van der Waals surface area contributed by atoms with Crippen molar-refractivity contribution in [1.82, 2.24) is 14.9 Å². The third kappa shape index (κ3) is 3.18. The van der Waals surface area contributed by atoms with Crippen LogP contribution in [-0.4, -0.2) is 47.1 Å². The number of hydrogen-bond donors (Lipinski definition) is 0. The third-order valence-corrected chi connectivity index (χ3v) is 4.82. The van der Waals surface area contributed by atoms with Gasteiger partial charge in [0.1, 0.15) is 5.02 Å². The van der Waals surface area contributed by atoms with Crippen molar-refractivity contribution in [2.24, 2.45) is 0 Å². The Morgan fingerprint density at radius 3 is 2.40 bits per heavy atom. The Kier molecular flexibility index (Phi) is 4.64. The van der Waals surface area contributed by atoms with E-state index in [9.17, 15) is 0 Å². The lowest BCUT2D eigenvalue weighted by Gasteiger charge is -2.40. The van der Waals surface area contributed by atoms with Crippen LogP contribution in [0.15, 0.2) is 6.20 Å². The normalized spacial score (nSPS) is 22.2. The minimum atomic E-state index is 0.266. The van der Waals surface area contributed by atoms with Gasteiger partial charge in [0.2, 0.25) is 5.28 Å². The van der Waals surface area contributed by atoms with Crippen LogP contribution in [0.25, 0.3) is 0 Å². The average Bonchev–Trinajstić information content (AvgIpc) is 2.51. The lowest BCUT2D eigenvalue weighted by Crippen LogP contribution is -2.47. The second-order valence-corrected chi connectivity index (χ2v) is 6.37. The van der Waals surface area contributed by atoms with Crippen molar-refractivity contribution in [3.63, 3.8) is 0 Å². The molecule has 20 heavy (non-hydrogen) atoms. The fraction of sp³-hybridized carbons (Fsp3) is 0.714. The maximum absolute atomic E-state index is 6.18. The van der Waals surface area contributed by atoms with Crippen molar-refractivity contribution in [3.05, 3.63) is 16.5 Å². The van der Waals surface area contributed by atoms with Crippen molar-refractivity contribution in [3.8, 4) is 0 Å². The molecule has 2 saturated heterocycles. The number of piperidine rings is 2. The standard InChI is InChI=1S/C14H20Cl2N4/c15-12-10-17-14(16)18-13(12)20-8-4-11(5-9-20)19-6-2-1-3-7-19/h10-11H,1-9H2. The summed E-state index contributed by atoms with van der Waals surface area (Å²) >= 11 is 12.0. The molecule has 3 rings (SSSR count). The van der Waals surface area contributed by atoms with E-state index in [1.807, 2.05) is 0 Å². The second-order valence-electron chi connectivity index (χ2n) is 5.63. The molecule has 3 heterocycles. The van der Waals surface area contributed by atoms with Gasteiger partial charge in [0.15, 0.2) is 5.82 Å². The SMILES string of the molecule is Clc1ncc(Cl)c(N2CCC(N3CCCCC3)CC2)n1. The van der Waals surface area contributed by atoms with Crippen LogP contribution >= 0.6 is 23.2 Å². The highest BCUT2D eigenvalue weighted by molar-refractivity contribution is 6.33. The molecule has 0 unspecified atom stereocenters. The van der Waals surface area contributed by atoms with Gasteiger partial charge in [0.05, 0.1) is 6.20 Å². The number of nitrogens with zero attached hydrogens (tertiary/aromatic N) is 4. The summed E-state index contributed by atoms with van der Waals surface area (Å²) in [5, 5.41) is 0.855. The first-order valence-corrected chi connectivity index (χ1v) is 8.16. The van der Waals surface area contributed by atoms with E-state index in [2.05, 4.69) is 19.8 Å². The van der Waals surface area contributed by atoms with Gasteiger partial charge in [0.25, 0.3) is 0 Å². The molecule has 0 spiro atoms. The van der Waals surface area contributed by atoms with Crippen LogP contribution in [0.2, 0.25) is 10.3 Å². The van der Waals surface area contributed by atoms with Gasteiger partial charge in [-0.25, -0.2) is 4.98 Å². The molecule has 2 fully saturated rings. The first kappa shape index (κ1) is 14.4. The summed E-state index contributed by atoms with van der Waals surface area (Å²) < 4.78 is 0. The van der Waals surface area contributed by atoms with Gasteiger partial charge < -0.3 is 9.80 Å². The number of hydrogen-bond acceptors (Lipinski definition) is 4. The maximum atomic E-state index is 6.18. The lowest BCUT2D eigenvalue weighted by atomic mass is 10.00. The zero-order valence-corrected chi connectivity index (χ0v) is 13.1. The van der Waals surface area contributed by atoms with E-state index in [0.29, 0.717) is 5.02 Å². The zero-order chi connectivity index (χ0) is 13.9. The zero-order valence-electron chi connectivity index (χ0n) is 11.6. The molecule has 0 saturated carbocycles. The van der Waals surface area contributed by atoms with Crippen LogP contribution in [0.5, 0.6) is 0 Å². The van der Waals surface area contributed by atoms with Crippen LogP contribution in [0.1, 0.15) is 32.1 Å². The van der Waals surface area contributed by atoms with Crippen molar-refractivity contribution >= 4 is 29.0 Å². The minimum absolute atomic E-state index is 0.266. The summed E-state index contributed by atoms with van der Waals surface area (Å²) in [4.78, 5) is 13.1. The molecule has 1 aromatic rings. The van der Waals surface area contributed by atoms with Crippen molar-refractivity contribution in [1.29, 1.82) is 0 Å². The third-order valence-electron chi connectivity index (χ3n) is 4.37. The summed E-state index contributed by atoms with van der Waals surface area (Å²) in [6.07, 6.45) is 8.05. The van der Waals surface area contributed by atoms with Crippen LogP contribution in [0.4, 0.5) is 5.82 Å². The maximum Gasteiger partial charge on any atom is 0.224 e. The Hall–Kier alpha value is -0.580. The molecule has 2 aliphatic rings. The first-order chi connectivity index (χ1) is 9.74. The molecule has 0 bridgehead atoms. The number of halogens is 2. The predicted molar refractivity (Wildman–Crippen MR) is 82.7 cm³/mol. The van der Waals surface area contributed by atoms with Crippen molar-refractivity contribution in [2.45, 2.75) is 38.1 Å². The van der Waals surface area contributed by atoms with Crippen LogP contribution in [0.3, 0.4) is 0 Å². The van der Waals surface area contributed by atoms with Crippen molar-refractivity contribution in [2.75, 3.05) is 31.1 Å². The Balaban J connectivity index is 1.61. The highest BCUT2D eigenvalue weighted by atomic mass is 35.5. The summed E-state index contributed by atoms with van der Waals surface area (Å²) in [6, 6.07) is 0.725. The minimum Gasteiger partial charge on any atom is -0.355 e. The van der Waals surface area contributed by atoms with Gasteiger partial charge >= 0.3 is 0 Å². The van der Waals surface area contributed by atoms with E-state index in [1.54, 1.807) is 6.20 Å². The largest absolute Gasteiger partial charge is 0.355 e. The highest BCUT2D eigenvalue weighted by Crippen LogP contribution is 2.28. The predicted octanol–water partition coefficient (Wildman–Crippen LogP) is 3.24. The lowest BCUT2D eigenvalue weighted by molar-refractivity contribution is 0.141. The summed E-state index contributed by atoms with van der Waals surface area (Å²) in [5.41, 5.74) is 0. The summed E-state index contributed by atoms with van der Waals surface area (Å²) in [6.45, 7) is 4.53. The molecule has 1 aromatic heterocycles. The van der Waals surface area contributed by atoms with E-state index in [1.165, 1.54) is 45.2 Å². The Morgan fingerprint density at radius 2 is 1.70 bits per heavy atom. The number of likely N-dealkylation sites (tertiary alicyclic amines) is 1. The van der Waals surface area contributed by atoms with Gasteiger partial charge in [0, 0.05) is 19.1 Å². The fourth-order valence-electron chi connectivity index (χ4n) is 3.29. The Bertz CT molecular complexity index is 454. The van der Waals surface area contributed by atoms with Gasteiger partial charge in [-0.1, -0.05) is 18.0 Å². The quantitative estimate of drug-likeness (QED) is 0.784. The molecule has 0 N–H and O–H groups in total. The van der Waals surface area contributed by atoms with Gasteiger partial charge in [-0.3, -0.25) is 0 Å². The molecule has 0 atom stereocenters. The van der Waals surface area contributed by atoms with Gasteiger partial charge in [-0.15, -0.1) is 0 Å². The van der Waals surface area contributed by atoms with Crippen LogP contribution < -0.4 is 4.90 Å². The molecule has 2 aliphatic heterocycles. The van der Waals surface area contributed by atoms with Gasteiger partial charge in [-0.2, -0.15) is 4.98 Å². The van der Waals surface area contributed by atoms with Crippen LogP contribution in [-0.2, 0) is 0 Å².